The largest absolute Gasteiger partial charge is 0.479 e. The van der Waals surface area contributed by atoms with Gasteiger partial charge < -0.3 is 10.2 Å². The SMILES string of the molecule is CC(C)c1ccccc1C(O)C(=O)O. The highest BCUT2D eigenvalue weighted by Gasteiger charge is 2.19. The van der Waals surface area contributed by atoms with Gasteiger partial charge in [0.25, 0.3) is 0 Å². The molecule has 2 N–H and O–H groups in total. The van der Waals surface area contributed by atoms with E-state index in [1.807, 2.05) is 26.0 Å². The van der Waals surface area contributed by atoms with Crippen LogP contribution in [0.4, 0.5) is 0 Å². The Balaban J connectivity index is 3.13. The van der Waals surface area contributed by atoms with Crippen molar-refractivity contribution in [3.05, 3.63) is 35.4 Å². The van der Waals surface area contributed by atoms with E-state index in [-0.39, 0.29) is 5.92 Å². The van der Waals surface area contributed by atoms with Gasteiger partial charge in [0, 0.05) is 0 Å². The number of carboxylic acid groups (broad SMARTS) is 1. The van der Waals surface area contributed by atoms with E-state index in [0.717, 1.165) is 5.56 Å². The summed E-state index contributed by atoms with van der Waals surface area (Å²) in [5, 5.41) is 18.1. The molecule has 3 heteroatoms. The molecule has 76 valence electrons. The Morgan fingerprint density at radius 2 is 1.71 bits per heavy atom. The Kier molecular flexibility index (Phi) is 3.25. The predicted octanol–water partition coefficient (Wildman–Crippen LogP) is 1.93. The van der Waals surface area contributed by atoms with Gasteiger partial charge in [-0.1, -0.05) is 38.1 Å². The van der Waals surface area contributed by atoms with Gasteiger partial charge in [-0.25, -0.2) is 4.79 Å². The van der Waals surface area contributed by atoms with Crippen LogP contribution in [-0.4, -0.2) is 16.2 Å². The minimum Gasteiger partial charge on any atom is -0.479 e. The fraction of sp³-hybridized carbons (Fsp3) is 0.364. The molecule has 0 fully saturated rings. The minimum absolute atomic E-state index is 0.209. The van der Waals surface area contributed by atoms with Gasteiger partial charge in [-0.15, -0.1) is 0 Å². The lowest BCUT2D eigenvalue weighted by Crippen LogP contribution is -2.13. The topological polar surface area (TPSA) is 57.5 Å². The molecule has 1 aromatic carbocycles. The summed E-state index contributed by atoms with van der Waals surface area (Å²) < 4.78 is 0. The second kappa shape index (κ2) is 4.24. The Hall–Kier alpha value is -1.35. The van der Waals surface area contributed by atoms with E-state index in [0.29, 0.717) is 5.56 Å². The molecule has 1 rings (SSSR count). The number of aliphatic carboxylic acids is 1. The number of carbonyl (C=O) groups is 1. The van der Waals surface area contributed by atoms with Crippen molar-refractivity contribution in [3.8, 4) is 0 Å². The highest BCUT2D eigenvalue weighted by atomic mass is 16.4. The molecule has 1 atom stereocenters. The van der Waals surface area contributed by atoms with Gasteiger partial charge in [0.05, 0.1) is 0 Å². The molecule has 0 aliphatic carbocycles. The molecule has 0 heterocycles. The molecule has 0 amide bonds. The number of hydrogen-bond acceptors (Lipinski definition) is 2. The Morgan fingerprint density at radius 1 is 1.21 bits per heavy atom. The quantitative estimate of drug-likeness (QED) is 0.773. The molecule has 3 nitrogen and oxygen atoms in total. The third kappa shape index (κ3) is 2.12. The van der Waals surface area contributed by atoms with Crippen LogP contribution in [0.15, 0.2) is 24.3 Å². The summed E-state index contributed by atoms with van der Waals surface area (Å²) in [6, 6.07) is 7.06. The van der Waals surface area contributed by atoms with Crippen molar-refractivity contribution >= 4 is 5.97 Å². The molecule has 0 saturated heterocycles. The van der Waals surface area contributed by atoms with Crippen molar-refractivity contribution in [3.63, 3.8) is 0 Å². The van der Waals surface area contributed by atoms with Crippen LogP contribution >= 0.6 is 0 Å². The number of aliphatic hydroxyl groups is 1. The normalized spacial score (nSPS) is 12.9. The zero-order valence-electron chi connectivity index (χ0n) is 8.27. The van der Waals surface area contributed by atoms with Crippen LogP contribution in [0.3, 0.4) is 0 Å². The molecule has 1 unspecified atom stereocenters. The molecule has 0 aliphatic heterocycles. The van der Waals surface area contributed by atoms with Crippen molar-refractivity contribution in [1.82, 2.24) is 0 Å². The monoisotopic (exact) mass is 194 g/mol. The first-order chi connectivity index (χ1) is 6.54. The van der Waals surface area contributed by atoms with Crippen LogP contribution in [0.5, 0.6) is 0 Å². The second-order valence-electron chi connectivity index (χ2n) is 3.52. The lowest BCUT2D eigenvalue weighted by molar-refractivity contribution is -0.147. The fourth-order valence-electron chi connectivity index (χ4n) is 1.42. The van der Waals surface area contributed by atoms with Gasteiger partial charge >= 0.3 is 5.97 Å². The maximum absolute atomic E-state index is 10.6. The van der Waals surface area contributed by atoms with Crippen LogP contribution in [0.2, 0.25) is 0 Å². The smallest absolute Gasteiger partial charge is 0.337 e. The van der Waals surface area contributed by atoms with E-state index in [2.05, 4.69) is 0 Å². The van der Waals surface area contributed by atoms with Gasteiger partial charge in [-0.2, -0.15) is 0 Å². The summed E-state index contributed by atoms with van der Waals surface area (Å²) >= 11 is 0. The highest BCUT2D eigenvalue weighted by molar-refractivity contribution is 5.74. The molecule has 0 radical (unpaired) electrons. The van der Waals surface area contributed by atoms with Gasteiger partial charge in [0.2, 0.25) is 0 Å². The maximum Gasteiger partial charge on any atom is 0.337 e. The first-order valence-corrected chi connectivity index (χ1v) is 4.53. The van der Waals surface area contributed by atoms with Gasteiger partial charge in [0.15, 0.2) is 6.10 Å². The summed E-state index contributed by atoms with van der Waals surface area (Å²) in [6.45, 7) is 3.93. The average Bonchev–Trinajstić information content (AvgIpc) is 2.16. The van der Waals surface area contributed by atoms with Crippen LogP contribution in [0.1, 0.15) is 37.0 Å². The Labute approximate surface area is 83.0 Å². The Morgan fingerprint density at radius 3 is 2.14 bits per heavy atom. The van der Waals surface area contributed by atoms with Crippen LogP contribution in [0.25, 0.3) is 0 Å². The van der Waals surface area contributed by atoms with Crippen molar-refractivity contribution in [2.45, 2.75) is 25.9 Å². The molecule has 0 bridgehead atoms. The van der Waals surface area contributed by atoms with Crippen molar-refractivity contribution in [1.29, 1.82) is 0 Å². The molecule has 0 spiro atoms. The highest BCUT2D eigenvalue weighted by Crippen LogP contribution is 2.24. The molecule has 1 aromatic rings. The third-order valence-corrected chi connectivity index (χ3v) is 2.15. The van der Waals surface area contributed by atoms with Crippen LogP contribution < -0.4 is 0 Å². The lowest BCUT2D eigenvalue weighted by atomic mass is 9.94. The van der Waals surface area contributed by atoms with E-state index in [1.54, 1.807) is 12.1 Å². The number of hydrogen-bond donors (Lipinski definition) is 2. The molecule has 0 aliphatic rings. The maximum atomic E-state index is 10.6. The molecule has 0 aromatic heterocycles. The van der Waals surface area contributed by atoms with Crippen molar-refractivity contribution < 1.29 is 15.0 Å². The van der Waals surface area contributed by atoms with Gasteiger partial charge in [0.1, 0.15) is 0 Å². The zero-order valence-corrected chi connectivity index (χ0v) is 8.27. The number of rotatable bonds is 3. The van der Waals surface area contributed by atoms with E-state index >= 15 is 0 Å². The fourth-order valence-corrected chi connectivity index (χ4v) is 1.42. The minimum atomic E-state index is -1.42. The molecule has 0 saturated carbocycles. The number of benzene rings is 1. The van der Waals surface area contributed by atoms with E-state index in [4.69, 9.17) is 5.11 Å². The number of carboxylic acids is 1. The Bertz CT molecular complexity index is 331. The van der Waals surface area contributed by atoms with Gasteiger partial charge in [-0.05, 0) is 17.0 Å². The van der Waals surface area contributed by atoms with E-state index < -0.39 is 12.1 Å². The van der Waals surface area contributed by atoms with Crippen molar-refractivity contribution in [2.75, 3.05) is 0 Å². The van der Waals surface area contributed by atoms with Crippen LogP contribution in [-0.2, 0) is 4.79 Å². The summed E-state index contributed by atoms with van der Waals surface area (Å²) in [6.07, 6.45) is -1.42. The standard InChI is InChI=1S/C11H14O3/c1-7(2)8-5-3-4-6-9(8)10(12)11(13)14/h3-7,10,12H,1-2H3,(H,13,14). The summed E-state index contributed by atoms with van der Waals surface area (Å²) in [7, 11) is 0. The van der Waals surface area contributed by atoms with Crippen LogP contribution in [0, 0.1) is 0 Å². The number of aliphatic hydroxyl groups excluding tert-OH is 1. The molecular formula is C11H14O3. The van der Waals surface area contributed by atoms with Gasteiger partial charge in [-0.3, -0.25) is 0 Å². The third-order valence-electron chi connectivity index (χ3n) is 2.15. The average molecular weight is 194 g/mol. The lowest BCUT2D eigenvalue weighted by Gasteiger charge is -2.14. The second-order valence-corrected chi connectivity index (χ2v) is 3.52. The molecule has 14 heavy (non-hydrogen) atoms. The summed E-state index contributed by atoms with van der Waals surface area (Å²) in [5.74, 6) is -1.00. The van der Waals surface area contributed by atoms with Crippen molar-refractivity contribution in [2.24, 2.45) is 0 Å². The predicted molar refractivity (Wildman–Crippen MR) is 53.1 cm³/mol. The first-order valence-electron chi connectivity index (χ1n) is 4.53. The first kappa shape index (κ1) is 10.7. The summed E-state index contributed by atoms with van der Waals surface area (Å²) in [5.41, 5.74) is 1.36. The van der Waals surface area contributed by atoms with E-state index in [1.165, 1.54) is 0 Å². The zero-order chi connectivity index (χ0) is 10.7. The summed E-state index contributed by atoms with van der Waals surface area (Å²) in [4.78, 5) is 10.6. The molecular weight excluding hydrogens is 180 g/mol. The van der Waals surface area contributed by atoms with E-state index in [9.17, 15) is 9.90 Å².